The van der Waals surface area contributed by atoms with E-state index in [4.69, 9.17) is 4.74 Å². The van der Waals surface area contributed by atoms with E-state index in [1.165, 1.54) is 12.1 Å². The molecule has 0 bridgehead atoms. The van der Waals surface area contributed by atoms with E-state index in [0.717, 1.165) is 32.4 Å². The molecular weight excluding hydrogens is 271 g/mol. The van der Waals surface area contributed by atoms with Crippen molar-refractivity contribution < 1.29 is 13.9 Å². The smallest absolute Gasteiger partial charge is 0.410 e. The van der Waals surface area contributed by atoms with Gasteiger partial charge in [0.05, 0.1) is 0 Å². The van der Waals surface area contributed by atoms with Gasteiger partial charge in [-0.25, -0.2) is 9.18 Å². The highest BCUT2D eigenvalue weighted by molar-refractivity contribution is 5.68. The number of hydrogen-bond acceptors (Lipinski definition) is 3. The number of nitrogens with one attached hydrogen (secondary N) is 1. The Morgan fingerprint density at radius 3 is 2.86 bits per heavy atom. The van der Waals surface area contributed by atoms with Crippen molar-refractivity contribution >= 4 is 6.09 Å². The normalized spacial score (nSPS) is 15.7. The van der Waals surface area contributed by atoms with Crippen molar-refractivity contribution in [3.05, 3.63) is 35.6 Å². The summed E-state index contributed by atoms with van der Waals surface area (Å²) >= 11 is 0. The minimum atomic E-state index is -0.313. The van der Waals surface area contributed by atoms with Gasteiger partial charge in [-0.1, -0.05) is 19.1 Å². The average molecular weight is 294 g/mol. The summed E-state index contributed by atoms with van der Waals surface area (Å²) < 4.78 is 18.5. The van der Waals surface area contributed by atoms with Crippen LogP contribution >= 0.6 is 0 Å². The molecule has 1 aromatic carbocycles. The van der Waals surface area contributed by atoms with Crippen molar-refractivity contribution in [2.75, 3.05) is 19.6 Å². The van der Waals surface area contributed by atoms with Gasteiger partial charge >= 0.3 is 6.09 Å². The number of nitrogens with zero attached hydrogens (tertiary/aromatic N) is 1. The van der Waals surface area contributed by atoms with Crippen molar-refractivity contribution in [3.8, 4) is 0 Å². The Morgan fingerprint density at radius 1 is 1.43 bits per heavy atom. The Kier molecular flexibility index (Phi) is 5.99. The summed E-state index contributed by atoms with van der Waals surface area (Å²) in [5.74, 6) is -0.313. The lowest BCUT2D eigenvalue weighted by Crippen LogP contribution is -2.46. The second-order valence-electron chi connectivity index (χ2n) is 5.36. The highest BCUT2D eigenvalue weighted by Crippen LogP contribution is 2.15. The minimum absolute atomic E-state index is 0.113. The number of carbonyl (C=O) groups is 1. The summed E-state index contributed by atoms with van der Waals surface area (Å²) in [6.45, 7) is 4.73. The second kappa shape index (κ2) is 7.98. The zero-order valence-electron chi connectivity index (χ0n) is 12.5. The Balaban J connectivity index is 1.91. The van der Waals surface area contributed by atoms with E-state index in [-0.39, 0.29) is 24.6 Å². The Hall–Kier alpha value is -1.62. The predicted molar refractivity (Wildman–Crippen MR) is 79.5 cm³/mol. The van der Waals surface area contributed by atoms with Gasteiger partial charge in [-0.15, -0.1) is 0 Å². The van der Waals surface area contributed by atoms with Gasteiger partial charge in [0, 0.05) is 12.6 Å². The van der Waals surface area contributed by atoms with Crippen LogP contribution in [0.1, 0.15) is 31.7 Å². The first-order chi connectivity index (χ1) is 10.2. The van der Waals surface area contributed by atoms with Gasteiger partial charge in [-0.2, -0.15) is 0 Å². The van der Waals surface area contributed by atoms with Gasteiger partial charge in [0.1, 0.15) is 12.4 Å². The lowest BCUT2D eigenvalue weighted by Gasteiger charge is -2.33. The van der Waals surface area contributed by atoms with Gasteiger partial charge in [0.2, 0.25) is 0 Å². The molecule has 1 aliphatic rings. The Bertz CT molecular complexity index is 461. The summed E-state index contributed by atoms with van der Waals surface area (Å²) in [5.41, 5.74) is 0.671. The molecule has 0 saturated carbocycles. The number of carbonyl (C=O) groups excluding carboxylic acids is 1. The van der Waals surface area contributed by atoms with Gasteiger partial charge in [0.25, 0.3) is 0 Å². The summed E-state index contributed by atoms with van der Waals surface area (Å²) in [6.07, 6.45) is 2.51. The Morgan fingerprint density at radius 2 is 2.19 bits per heavy atom. The zero-order valence-corrected chi connectivity index (χ0v) is 12.5. The quantitative estimate of drug-likeness (QED) is 0.908. The molecule has 2 rings (SSSR count). The predicted octanol–water partition coefficient (Wildman–Crippen LogP) is 2.93. The average Bonchev–Trinajstić information content (AvgIpc) is 2.51. The third-order valence-electron chi connectivity index (χ3n) is 3.70. The molecule has 1 N–H and O–H groups in total. The molecule has 1 heterocycles. The molecule has 0 unspecified atom stereocenters. The van der Waals surface area contributed by atoms with Crippen LogP contribution in [-0.2, 0) is 11.3 Å². The number of benzene rings is 1. The van der Waals surface area contributed by atoms with Crippen molar-refractivity contribution in [3.63, 3.8) is 0 Å². The molecule has 0 atom stereocenters. The molecule has 0 aromatic heterocycles. The number of ether oxygens (including phenoxy) is 1. The van der Waals surface area contributed by atoms with E-state index in [9.17, 15) is 9.18 Å². The first-order valence-electron chi connectivity index (χ1n) is 7.59. The van der Waals surface area contributed by atoms with Crippen LogP contribution in [0.25, 0.3) is 0 Å². The number of rotatable bonds is 5. The van der Waals surface area contributed by atoms with Gasteiger partial charge < -0.3 is 15.0 Å². The molecule has 1 aliphatic heterocycles. The van der Waals surface area contributed by atoms with Crippen LogP contribution in [-0.4, -0.2) is 36.7 Å². The van der Waals surface area contributed by atoms with E-state index < -0.39 is 0 Å². The molecule has 116 valence electrons. The summed E-state index contributed by atoms with van der Waals surface area (Å²) in [4.78, 5) is 14.1. The first kappa shape index (κ1) is 15.8. The van der Waals surface area contributed by atoms with E-state index in [1.54, 1.807) is 12.1 Å². The Labute approximate surface area is 125 Å². The highest BCUT2D eigenvalue weighted by Gasteiger charge is 2.25. The maximum atomic E-state index is 13.1. The SMILES string of the molecule is CCCN(C(=O)OCc1cccc(F)c1)C1CCNCC1. The monoisotopic (exact) mass is 294 g/mol. The summed E-state index contributed by atoms with van der Waals surface area (Å²) in [5, 5.41) is 3.29. The molecule has 1 fully saturated rings. The molecule has 1 saturated heterocycles. The van der Waals surface area contributed by atoms with E-state index in [2.05, 4.69) is 5.32 Å². The molecule has 5 heteroatoms. The second-order valence-corrected chi connectivity index (χ2v) is 5.36. The van der Waals surface area contributed by atoms with Gasteiger partial charge in [-0.05, 0) is 50.0 Å². The van der Waals surface area contributed by atoms with Crippen LogP contribution in [0.15, 0.2) is 24.3 Å². The largest absolute Gasteiger partial charge is 0.445 e. The van der Waals surface area contributed by atoms with Gasteiger partial charge in [-0.3, -0.25) is 0 Å². The topological polar surface area (TPSA) is 41.6 Å². The number of amides is 1. The van der Waals surface area contributed by atoms with Crippen LogP contribution in [0.4, 0.5) is 9.18 Å². The van der Waals surface area contributed by atoms with Gasteiger partial charge in [0.15, 0.2) is 0 Å². The van der Waals surface area contributed by atoms with E-state index in [0.29, 0.717) is 12.1 Å². The highest BCUT2D eigenvalue weighted by atomic mass is 19.1. The molecule has 0 spiro atoms. The van der Waals surface area contributed by atoms with E-state index >= 15 is 0 Å². The standard InChI is InChI=1S/C16H23FN2O2/c1-2-10-19(15-6-8-18-9-7-15)16(20)21-12-13-4-3-5-14(17)11-13/h3-5,11,15,18H,2,6-10,12H2,1H3. The molecular formula is C16H23FN2O2. The maximum absolute atomic E-state index is 13.1. The van der Waals surface area contributed by atoms with Crippen molar-refractivity contribution in [2.45, 2.75) is 38.8 Å². The van der Waals surface area contributed by atoms with Crippen molar-refractivity contribution in [1.29, 1.82) is 0 Å². The number of halogens is 1. The zero-order chi connectivity index (χ0) is 15.1. The fraction of sp³-hybridized carbons (Fsp3) is 0.562. The van der Waals surface area contributed by atoms with Crippen molar-refractivity contribution in [1.82, 2.24) is 10.2 Å². The third kappa shape index (κ3) is 4.70. The molecule has 4 nitrogen and oxygen atoms in total. The lowest BCUT2D eigenvalue weighted by atomic mass is 10.1. The minimum Gasteiger partial charge on any atom is -0.445 e. The third-order valence-corrected chi connectivity index (χ3v) is 3.70. The maximum Gasteiger partial charge on any atom is 0.410 e. The number of piperidine rings is 1. The summed E-state index contributed by atoms with van der Waals surface area (Å²) in [6, 6.07) is 6.39. The molecule has 1 amide bonds. The van der Waals surface area contributed by atoms with E-state index in [1.807, 2.05) is 11.8 Å². The number of hydrogen-bond donors (Lipinski definition) is 1. The lowest BCUT2D eigenvalue weighted by molar-refractivity contribution is 0.0733. The fourth-order valence-corrected chi connectivity index (χ4v) is 2.64. The van der Waals surface area contributed by atoms with Crippen LogP contribution in [0.5, 0.6) is 0 Å². The van der Waals surface area contributed by atoms with Crippen molar-refractivity contribution in [2.24, 2.45) is 0 Å². The molecule has 1 aromatic rings. The fourth-order valence-electron chi connectivity index (χ4n) is 2.64. The van der Waals surface area contributed by atoms with Crippen LogP contribution in [0.3, 0.4) is 0 Å². The molecule has 0 radical (unpaired) electrons. The van der Waals surface area contributed by atoms with Crippen LogP contribution in [0, 0.1) is 5.82 Å². The van der Waals surface area contributed by atoms with Crippen LogP contribution < -0.4 is 5.32 Å². The first-order valence-corrected chi connectivity index (χ1v) is 7.59. The van der Waals surface area contributed by atoms with Crippen LogP contribution in [0.2, 0.25) is 0 Å². The summed E-state index contributed by atoms with van der Waals surface area (Å²) in [7, 11) is 0. The molecule has 21 heavy (non-hydrogen) atoms. The molecule has 0 aliphatic carbocycles.